The van der Waals surface area contributed by atoms with Crippen LogP contribution in [0, 0.1) is 13.8 Å². The number of pyridine rings is 1. The first-order valence-electron chi connectivity index (χ1n) is 13.7. The van der Waals surface area contributed by atoms with Gasteiger partial charge in [-0.05, 0) is 73.2 Å². The van der Waals surface area contributed by atoms with Gasteiger partial charge in [0.2, 0.25) is 11.8 Å². The van der Waals surface area contributed by atoms with Crippen LogP contribution in [-0.2, 0) is 16.1 Å². The molecule has 13 heteroatoms. The zero-order chi connectivity index (χ0) is 31.1. The number of rotatable bonds is 8. The molecule has 0 radical (unpaired) electrons. The van der Waals surface area contributed by atoms with E-state index < -0.39 is 23.5 Å². The molecule has 1 N–H and O–H groups in total. The van der Waals surface area contributed by atoms with Gasteiger partial charge in [-0.3, -0.25) is 19.1 Å². The van der Waals surface area contributed by atoms with E-state index in [9.17, 15) is 14.4 Å². The summed E-state index contributed by atoms with van der Waals surface area (Å²) < 4.78 is 18.0. The summed E-state index contributed by atoms with van der Waals surface area (Å²) in [6, 6.07) is 7.91. The van der Waals surface area contributed by atoms with Crippen LogP contribution in [0.3, 0.4) is 0 Å². The van der Waals surface area contributed by atoms with E-state index in [1.165, 1.54) is 16.5 Å². The molecule has 11 nitrogen and oxygen atoms in total. The van der Waals surface area contributed by atoms with Crippen LogP contribution in [0.5, 0.6) is 0 Å². The standard InChI is InChI=1S/C30H32BrFN8O3/c1-17-6-9-25(31)35-28(17)36-29(43)24-11-30(32,15-38(4)5)16-39(24)26(42)14-40-23-8-7-20(21-12-33-19(3)34-13-21)10-22(23)27(37-40)18(2)41/h6-10,12-13,24H,11,14-16H2,1-5H3,(H,35,36,43)/t24-,30-/m0/s1. The highest BCUT2D eigenvalue weighted by Gasteiger charge is 2.49. The fourth-order valence-corrected chi connectivity index (χ4v) is 5.76. The lowest BCUT2D eigenvalue weighted by Crippen LogP contribution is -2.45. The highest BCUT2D eigenvalue weighted by atomic mass is 79.9. The van der Waals surface area contributed by atoms with Gasteiger partial charge in [0.15, 0.2) is 5.78 Å². The van der Waals surface area contributed by atoms with Crippen molar-refractivity contribution in [3.63, 3.8) is 0 Å². The number of anilines is 1. The van der Waals surface area contributed by atoms with Crippen LogP contribution in [0.2, 0.25) is 0 Å². The van der Waals surface area contributed by atoms with E-state index >= 15 is 4.39 Å². The SMILES string of the molecule is CC(=O)c1nn(CC(=O)N2C[C@@](F)(CN(C)C)C[C@H]2C(=O)Nc2nc(Br)ccc2C)c2ccc(-c3cnc(C)nc3)cc12. The van der Waals surface area contributed by atoms with Gasteiger partial charge in [0.25, 0.3) is 0 Å². The fourth-order valence-electron chi connectivity index (χ4n) is 5.45. The Labute approximate surface area is 256 Å². The first-order valence-corrected chi connectivity index (χ1v) is 14.5. The fraction of sp³-hybridized carbons (Fsp3) is 0.367. The molecule has 0 aliphatic carbocycles. The van der Waals surface area contributed by atoms with Crippen LogP contribution in [0.1, 0.15) is 35.2 Å². The normalized spacial score (nSPS) is 18.4. The first-order chi connectivity index (χ1) is 20.3. The number of Topliss-reactive ketones (excluding diaryl/α,β-unsaturated/α-hetero) is 1. The molecule has 4 heterocycles. The number of carbonyl (C=O) groups excluding carboxylic acids is 3. The maximum Gasteiger partial charge on any atom is 0.248 e. The number of fused-ring (bicyclic) bond motifs is 1. The van der Waals surface area contributed by atoms with Gasteiger partial charge < -0.3 is 15.1 Å². The van der Waals surface area contributed by atoms with E-state index in [4.69, 9.17) is 0 Å². The van der Waals surface area contributed by atoms with Crippen molar-refractivity contribution in [1.82, 2.24) is 34.5 Å². The summed E-state index contributed by atoms with van der Waals surface area (Å²) in [5.41, 5.74) is 1.25. The average molecular weight is 652 g/mol. The Bertz CT molecular complexity index is 1720. The molecule has 3 aromatic heterocycles. The number of carbonyl (C=O) groups is 3. The molecule has 43 heavy (non-hydrogen) atoms. The number of hydrogen-bond acceptors (Lipinski definition) is 8. The topological polar surface area (TPSA) is 126 Å². The third-order valence-electron chi connectivity index (χ3n) is 7.40. The number of hydrogen-bond donors (Lipinski definition) is 1. The molecule has 1 aromatic carbocycles. The molecule has 1 aliphatic rings. The van der Waals surface area contributed by atoms with E-state index in [0.717, 1.165) is 16.7 Å². The smallest absolute Gasteiger partial charge is 0.248 e. The summed E-state index contributed by atoms with van der Waals surface area (Å²) in [5, 5.41) is 7.81. The van der Waals surface area contributed by atoms with Crippen molar-refractivity contribution in [2.45, 2.75) is 45.4 Å². The molecule has 2 amide bonds. The van der Waals surface area contributed by atoms with E-state index in [1.807, 2.05) is 12.1 Å². The second-order valence-electron chi connectivity index (χ2n) is 11.2. The molecule has 1 saturated heterocycles. The summed E-state index contributed by atoms with van der Waals surface area (Å²) in [7, 11) is 3.48. The number of alkyl halides is 1. The van der Waals surface area contributed by atoms with Gasteiger partial charge in [-0.1, -0.05) is 12.1 Å². The number of aryl methyl sites for hydroxylation is 2. The highest BCUT2D eigenvalue weighted by molar-refractivity contribution is 9.10. The first kappa shape index (κ1) is 30.4. The van der Waals surface area contributed by atoms with Gasteiger partial charge in [-0.2, -0.15) is 5.10 Å². The average Bonchev–Trinajstić information content (AvgIpc) is 3.48. The minimum Gasteiger partial charge on any atom is -0.326 e. The molecule has 0 saturated carbocycles. The summed E-state index contributed by atoms with van der Waals surface area (Å²) in [5.74, 6) is -0.319. The molecule has 0 bridgehead atoms. The summed E-state index contributed by atoms with van der Waals surface area (Å²) in [6.45, 7) is 4.50. The lowest BCUT2D eigenvalue weighted by molar-refractivity contribution is -0.137. The summed E-state index contributed by atoms with van der Waals surface area (Å²) >= 11 is 3.31. The lowest BCUT2D eigenvalue weighted by Gasteiger charge is -2.25. The zero-order valence-corrected chi connectivity index (χ0v) is 26.1. The van der Waals surface area contributed by atoms with E-state index in [2.05, 4.69) is 41.3 Å². The Morgan fingerprint density at radius 3 is 2.51 bits per heavy atom. The van der Waals surface area contributed by atoms with Crippen molar-refractivity contribution in [1.29, 1.82) is 0 Å². The molecular weight excluding hydrogens is 619 g/mol. The van der Waals surface area contributed by atoms with Crippen LogP contribution in [0.4, 0.5) is 10.2 Å². The molecule has 0 spiro atoms. The molecular formula is C30H32BrFN8O3. The Kier molecular flexibility index (Phi) is 8.39. The summed E-state index contributed by atoms with van der Waals surface area (Å²) in [6.07, 6.45) is 3.23. The third-order valence-corrected chi connectivity index (χ3v) is 7.84. The number of aromatic nitrogens is 5. The largest absolute Gasteiger partial charge is 0.326 e. The molecule has 1 fully saturated rings. The van der Waals surface area contributed by atoms with Gasteiger partial charge in [0.05, 0.1) is 12.1 Å². The van der Waals surface area contributed by atoms with Crippen LogP contribution in [0.25, 0.3) is 22.0 Å². The number of nitrogens with one attached hydrogen (secondary N) is 1. The maximum absolute atomic E-state index is 16.1. The Morgan fingerprint density at radius 2 is 1.84 bits per heavy atom. The van der Waals surface area contributed by atoms with Crippen LogP contribution in [-0.4, -0.2) is 91.0 Å². The zero-order valence-electron chi connectivity index (χ0n) is 24.6. The molecule has 224 valence electrons. The van der Waals surface area contributed by atoms with E-state index in [0.29, 0.717) is 27.1 Å². The number of benzene rings is 1. The Hall–Kier alpha value is -4.10. The van der Waals surface area contributed by atoms with Crippen LogP contribution in [0.15, 0.2) is 47.3 Å². The van der Waals surface area contributed by atoms with Gasteiger partial charge in [0.1, 0.15) is 40.2 Å². The van der Waals surface area contributed by atoms with Crippen LogP contribution >= 0.6 is 15.9 Å². The number of nitrogens with zero attached hydrogens (tertiary/aromatic N) is 7. The molecule has 1 aliphatic heterocycles. The van der Waals surface area contributed by atoms with Crippen molar-refractivity contribution in [2.24, 2.45) is 0 Å². The van der Waals surface area contributed by atoms with Crippen molar-refractivity contribution < 1.29 is 18.8 Å². The van der Waals surface area contributed by atoms with E-state index in [-0.39, 0.29) is 37.5 Å². The van der Waals surface area contributed by atoms with Crippen molar-refractivity contribution in [2.75, 3.05) is 32.5 Å². The highest BCUT2D eigenvalue weighted by Crippen LogP contribution is 2.33. The molecule has 5 rings (SSSR count). The number of ketones is 1. The quantitative estimate of drug-likeness (QED) is 0.224. The van der Waals surface area contributed by atoms with Gasteiger partial charge in [-0.15, -0.1) is 0 Å². The second-order valence-corrected chi connectivity index (χ2v) is 12.0. The monoisotopic (exact) mass is 650 g/mol. The second kappa shape index (κ2) is 11.9. The minimum atomic E-state index is -1.80. The molecule has 2 atom stereocenters. The Morgan fingerprint density at radius 1 is 1.12 bits per heavy atom. The van der Waals surface area contributed by atoms with Crippen molar-refractivity contribution >= 4 is 50.2 Å². The third kappa shape index (κ3) is 6.47. The van der Waals surface area contributed by atoms with Crippen LogP contribution < -0.4 is 5.32 Å². The number of halogens is 2. The minimum absolute atomic E-state index is 0.0411. The number of amides is 2. The van der Waals surface area contributed by atoms with E-state index in [1.54, 1.807) is 63.4 Å². The molecule has 0 unspecified atom stereocenters. The van der Waals surface area contributed by atoms with Crippen molar-refractivity contribution in [3.05, 3.63) is 64.4 Å². The van der Waals surface area contributed by atoms with Gasteiger partial charge >= 0.3 is 0 Å². The van der Waals surface area contributed by atoms with Crippen molar-refractivity contribution in [3.8, 4) is 11.1 Å². The Balaban J connectivity index is 1.46. The summed E-state index contributed by atoms with van der Waals surface area (Å²) in [4.78, 5) is 55.6. The maximum atomic E-state index is 16.1. The number of likely N-dealkylation sites (tertiary alicyclic amines) is 1. The predicted molar refractivity (Wildman–Crippen MR) is 163 cm³/mol. The predicted octanol–water partition coefficient (Wildman–Crippen LogP) is 3.98. The van der Waals surface area contributed by atoms with Gasteiger partial charge in [-0.25, -0.2) is 19.3 Å². The molecule has 4 aromatic rings. The lowest BCUT2D eigenvalue weighted by atomic mass is 10.0. The van der Waals surface area contributed by atoms with Gasteiger partial charge in [0, 0.05) is 43.2 Å².